The van der Waals surface area contributed by atoms with Crippen LogP contribution in [0.4, 0.5) is 0 Å². The number of aliphatic hydroxyl groups is 1. The number of β-amino-alcohol motifs (C(OH)–C–C–N with tert-alkyl or cyclic N) is 1. The second kappa shape index (κ2) is 9.15. The molecule has 0 saturated carbocycles. The van der Waals surface area contributed by atoms with Crippen LogP contribution < -0.4 is 4.74 Å². The third-order valence-corrected chi connectivity index (χ3v) is 5.00. The molecule has 0 spiro atoms. The molecule has 1 fully saturated rings. The first-order valence-electron chi connectivity index (χ1n) is 9.61. The number of nitrogens with zero attached hydrogens (tertiary/aromatic N) is 2. The first-order valence-corrected chi connectivity index (χ1v) is 9.61. The maximum Gasteiger partial charge on any atom is 0.119 e. The number of benzene rings is 1. The van der Waals surface area contributed by atoms with E-state index in [0.29, 0.717) is 5.92 Å². The van der Waals surface area contributed by atoms with Gasteiger partial charge in [-0.3, -0.25) is 9.88 Å². The van der Waals surface area contributed by atoms with Gasteiger partial charge in [-0.15, -0.1) is 0 Å². The lowest BCUT2D eigenvalue weighted by Crippen LogP contribution is -2.21. The lowest BCUT2D eigenvalue weighted by Gasteiger charge is -2.16. The third-order valence-electron chi connectivity index (χ3n) is 5.00. The second-order valence-corrected chi connectivity index (χ2v) is 7.76. The Kier molecular flexibility index (Phi) is 6.64. The van der Waals surface area contributed by atoms with Gasteiger partial charge < -0.3 is 9.84 Å². The largest absolute Gasteiger partial charge is 0.494 e. The zero-order valence-electron chi connectivity index (χ0n) is 15.8. The average molecular weight is 354 g/mol. The van der Waals surface area contributed by atoms with Crippen LogP contribution in [-0.4, -0.2) is 40.8 Å². The Labute approximate surface area is 156 Å². The smallest absolute Gasteiger partial charge is 0.119 e. The summed E-state index contributed by atoms with van der Waals surface area (Å²) in [6, 6.07) is 12.4. The molecule has 0 radical (unpaired) electrons. The van der Waals surface area contributed by atoms with E-state index in [0.717, 1.165) is 44.8 Å². The Morgan fingerprint density at radius 3 is 2.73 bits per heavy atom. The van der Waals surface area contributed by atoms with Crippen LogP contribution in [0.25, 0.3) is 0 Å². The molecule has 2 atom stereocenters. The van der Waals surface area contributed by atoms with Crippen LogP contribution >= 0.6 is 0 Å². The Morgan fingerprint density at radius 2 is 1.96 bits per heavy atom. The highest BCUT2D eigenvalue weighted by molar-refractivity contribution is 5.28. The fraction of sp³-hybridized carbons (Fsp3) is 0.500. The lowest BCUT2D eigenvalue weighted by molar-refractivity contribution is 0.141. The molecule has 1 aromatic heterocycles. The summed E-state index contributed by atoms with van der Waals surface area (Å²) in [5.41, 5.74) is 2.48. The predicted octanol–water partition coefficient (Wildman–Crippen LogP) is 3.54. The zero-order valence-corrected chi connectivity index (χ0v) is 15.8. The molecular formula is C22H30N2O2. The van der Waals surface area contributed by atoms with Gasteiger partial charge in [0.1, 0.15) is 5.75 Å². The normalized spacial score (nSPS) is 20.6. The van der Waals surface area contributed by atoms with Crippen molar-refractivity contribution in [2.75, 3.05) is 19.7 Å². The fourth-order valence-corrected chi connectivity index (χ4v) is 3.50. The summed E-state index contributed by atoms with van der Waals surface area (Å²) in [6.07, 6.45) is 5.34. The van der Waals surface area contributed by atoms with Gasteiger partial charge in [0.05, 0.1) is 12.7 Å². The predicted molar refractivity (Wildman–Crippen MR) is 104 cm³/mol. The van der Waals surface area contributed by atoms with E-state index in [2.05, 4.69) is 41.9 Å². The minimum atomic E-state index is -0.270. The van der Waals surface area contributed by atoms with Gasteiger partial charge in [-0.2, -0.15) is 0 Å². The molecule has 1 aliphatic heterocycles. The molecular weight excluding hydrogens is 324 g/mol. The number of pyridine rings is 1. The first-order chi connectivity index (χ1) is 12.6. The summed E-state index contributed by atoms with van der Waals surface area (Å²) in [6.45, 7) is 7.68. The van der Waals surface area contributed by atoms with Gasteiger partial charge in [-0.1, -0.05) is 26.0 Å². The van der Waals surface area contributed by atoms with E-state index >= 15 is 0 Å². The number of rotatable bonds is 8. The van der Waals surface area contributed by atoms with E-state index in [1.165, 1.54) is 11.1 Å². The number of aromatic nitrogens is 1. The Balaban J connectivity index is 1.53. The quantitative estimate of drug-likeness (QED) is 0.788. The van der Waals surface area contributed by atoms with E-state index in [1.54, 1.807) is 0 Å². The fourth-order valence-electron chi connectivity index (χ4n) is 3.50. The Hall–Kier alpha value is -1.91. The molecule has 140 valence electrons. The van der Waals surface area contributed by atoms with Crippen molar-refractivity contribution < 1.29 is 9.84 Å². The van der Waals surface area contributed by atoms with E-state index in [9.17, 15) is 5.11 Å². The number of aliphatic hydroxyl groups excluding tert-OH is 1. The third kappa shape index (κ3) is 5.55. The van der Waals surface area contributed by atoms with Gasteiger partial charge in [0, 0.05) is 37.9 Å². The van der Waals surface area contributed by atoms with Gasteiger partial charge in [0.25, 0.3) is 0 Å². The molecule has 3 rings (SSSR count). The van der Waals surface area contributed by atoms with Crippen LogP contribution in [0.1, 0.15) is 31.4 Å². The van der Waals surface area contributed by atoms with Crippen molar-refractivity contribution in [3.63, 3.8) is 0 Å². The molecule has 26 heavy (non-hydrogen) atoms. The summed E-state index contributed by atoms with van der Waals surface area (Å²) in [5, 5.41) is 10.4. The maximum atomic E-state index is 10.4. The molecule has 4 nitrogen and oxygen atoms in total. The summed E-state index contributed by atoms with van der Waals surface area (Å²) in [7, 11) is 0. The zero-order chi connectivity index (χ0) is 18.4. The van der Waals surface area contributed by atoms with E-state index in [1.807, 2.05) is 30.6 Å². The van der Waals surface area contributed by atoms with Gasteiger partial charge >= 0.3 is 0 Å². The maximum absolute atomic E-state index is 10.4. The first kappa shape index (κ1) is 18.9. The molecule has 1 N–H and O–H groups in total. The van der Waals surface area contributed by atoms with Gasteiger partial charge in [-0.25, -0.2) is 0 Å². The van der Waals surface area contributed by atoms with Crippen LogP contribution in [-0.2, 0) is 13.0 Å². The monoisotopic (exact) mass is 354 g/mol. The molecule has 0 aliphatic carbocycles. The van der Waals surface area contributed by atoms with E-state index < -0.39 is 0 Å². The minimum absolute atomic E-state index is 0.270. The van der Waals surface area contributed by atoms with Crippen LogP contribution in [0.5, 0.6) is 5.75 Å². The molecule has 0 bridgehead atoms. The van der Waals surface area contributed by atoms with Crippen molar-refractivity contribution in [3.05, 3.63) is 59.9 Å². The lowest BCUT2D eigenvalue weighted by atomic mass is 9.97. The summed E-state index contributed by atoms with van der Waals surface area (Å²) >= 11 is 0. The molecule has 4 heteroatoms. The van der Waals surface area contributed by atoms with Crippen molar-refractivity contribution in [2.24, 2.45) is 11.8 Å². The molecule has 0 unspecified atom stereocenters. The van der Waals surface area contributed by atoms with Crippen LogP contribution in [0, 0.1) is 11.8 Å². The van der Waals surface area contributed by atoms with E-state index in [-0.39, 0.29) is 12.0 Å². The molecule has 0 amide bonds. The minimum Gasteiger partial charge on any atom is -0.494 e. The molecule has 1 saturated heterocycles. The molecule has 1 aromatic carbocycles. The SMILES string of the molecule is CC(C)CCOc1cccc(CN2C[C@@H](Cc3ccncc3)[C@H](O)C2)c1. The van der Waals surface area contributed by atoms with Crippen molar-refractivity contribution in [1.29, 1.82) is 0 Å². The number of likely N-dealkylation sites (tertiary alicyclic amines) is 1. The highest BCUT2D eigenvalue weighted by atomic mass is 16.5. The highest BCUT2D eigenvalue weighted by Gasteiger charge is 2.31. The van der Waals surface area contributed by atoms with Crippen LogP contribution in [0.3, 0.4) is 0 Å². The molecule has 2 heterocycles. The van der Waals surface area contributed by atoms with Gasteiger partial charge in [0.2, 0.25) is 0 Å². The molecule has 2 aromatic rings. The average Bonchev–Trinajstić information content (AvgIpc) is 2.95. The van der Waals surface area contributed by atoms with Crippen LogP contribution in [0.2, 0.25) is 0 Å². The van der Waals surface area contributed by atoms with Crippen molar-refractivity contribution in [1.82, 2.24) is 9.88 Å². The van der Waals surface area contributed by atoms with Crippen LogP contribution in [0.15, 0.2) is 48.8 Å². The summed E-state index contributed by atoms with van der Waals surface area (Å²) in [5.74, 6) is 1.88. The van der Waals surface area contributed by atoms with Crippen molar-refractivity contribution >= 4 is 0 Å². The topological polar surface area (TPSA) is 45.6 Å². The number of hydrogen-bond donors (Lipinski definition) is 1. The second-order valence-electron chi connectivity index (χ2n) is 7.76. The highest BCUT2D eigenvalue weighted by Crippen LogP contribution is 2.24. The number of ether oxygens (including phenoxy) is 1. The number of hydrogen-bond acceptors (Lipinski definition) is 4. The molecule has 1 aliphatic rings. The van der Waals surface area contributed by atoms with Crippen molar-refractivity contribution in [2.45, 2.75) is 39.3 Å². The summed E-state index contributed by atoms with van der Waals surface area (Å²) in [4.78, 5) is 6.40. The summed E-state index contributed by atoms with van der Waals surface area (Å²) < 4.78 is 5.87. The van der Waals surface area contributed by atoms with Gasteiger partial charge in [0.15, 0.2) is 0 Å². The van der Waals surface area contributed by atoms with Gasteiger partial charge in [-0.05, 0) is 54.2 Å². The van der Waals surface area contributed by atoms with Crippen molar-refractivity contribution in [3.8, 4) is 5.75 Å². The standard InChI is InChI=1S/C22H30N2O2/c1-17(2)8-11-26-21-5-3-4-19(13-21)14-24-15-20(22(25)16-24)12-18-6-9-23-10-7-18/h3-7,9-10,13,17,20,22,25H,8,11-12,14-16H2,1-2H3/t20-,22-/m1/s1. The Bertz CT molecular complexity index is 675. The Morgan fingerprint density at radius 1 is 1.15 bits per heavy atom. The van der Waals surface area contributed by atoms with E-state index in [4.69, 9.17) is 4.74 Å².